The monoisotopic (exact) mass is 151 g/mol. The first kappa shape index (κ1) is 6.85. The predicted octanol–water partition coefficient (Wildman–Crippen LogP) is 0.456. The number of aromatic nitrogens is 2. The van der Waals surface area contributed by atoms with Crippen LogP contribution >= 0.6 is 0 Å². The number of hydrogen-bond acceptors (Lipinski definition) is 2. The van der Waals surface area contributed by atoms with E-state index < -0.39 is 0 Å². The fourth-order valence-electron chi connectivity index (χ4n) is 1.58. The summed E-state index contributed by atoms with van der Waals surface area (Å²) in [6, 6.07) is 0. The van der Waals surface area contributed by atoms with Crippen molar-refractivity contribution in [1.82, 2.24) is 15.1 Å². The van der Waals surface area contributed by atoms with Crippen LogP contribution in [0.25, 0.3) is 0 Å². The molecule has 0 atom stereocenters. The fraction of sp³-hybridized carbons (Fsp3) is 0.625. The highest BCUT2D eigenvalue weighted by Crippen LogP contribution is 2.11. The molecule has 0 saturated carbocycles. The Morgan fingerprint density at radius 1 is 1.64 bits per heavy atom. The molecule has 0 aromatic carbocycles. The van der Waals surface area contributed by atoms with Gasteiger partial charge in [0.1, 0.15) is 0 Å². The molecular formula is C8H13N3. The van der Waals surface area contributed by atoms with Gasteiger partial charge in [0.25, 0.3) is 0 Å². The van der Waals surface area contributed by atoms with Crippen LogP contribution in [0.1, 0.15) is 17.7 Å². The summed E-state index contributed by atoms with van der Waals surface area (Å²) in [5.74, 6) is 0. The number of hydrogen-bond donors (Lipinski definition) is 1. The smallest absolute Gasteiger partial charge is 0.0537 e. The molecule has 2 rings (SSSR count). The third kappa shape index (κ3) is 1.16. The zero-order valence-corrected chi connectivity index (χ0v) is 6.80. The molecule has 3 heteroatoms. The van der Waals surface area contributed by atoms with Gasteiger partial charge in [-0.3, -0.25) is 4.68 Å². The molecule has 0 saturated heterocycles. The van der Waals surface area contributed by atoms with E-state index in [0.29, 0.717) is 0 Å². The van der Waals surface area contributed by atoms with E-state index in [1.54, 1.807) is 0 Å². The second kappa shape index (κ2) is 2.66. The van der Waals surface area contributed by atoms with Crippen LogP contribution in [0.5, 0.6) is 0 Å². The molecule has 1 aliphatic rings. The number of rotatable bonds is 0. The standard InChI is InChI=1S/C8H13N3/c1-11-8-3-2-4-9-5-7(8)6-10-11/h6,9H,2-5H2,1H3. The second-order valence-electron chi connectivity index (χ2n) is 3.02. The molecule has 2 heterocycles. The summed E-state index contributed by atoms with van der Waals surface area (Å²) in [6.07, 6.45) is 4.36. The molecule has 1 aromatic heterocycles. The van der Waals surface area contributed by atoms with Crippen LogP contribution in [0.4, 0.5) is 0 Å². The van der Waals surface area contributed by atoms with Crippen molar-refractivity contribution in [1.29, 1.82) is 0 Å². The molecule has 0 spiro atoms. The molecule has 1 aromatic rings. The minimum absolute atomic E-state index is 0.989. The quantitative estimate of drug-likeness (QED) is 0.583. The van der Waals surface area contributed by atoms with Gasteiger partial charge in [-0.1, -0.05) is 0 Å². The Kier molecular flexibility index (Phi) is 1.66. The molecule has 0 unspecified atom stereocenters. The first-order valence-electron chi connectivity index (χ1n) is 4.08. The first-order valence-corrected chi connectivity index (χ1v) is 4.08. The van der Waals surface area contributed by atoms with Gasteiger partial charge in [0.05, 0.1) is 6.20 Å². The molecule has 0 bridgehead atoms. The lowest BCUT2D eigenvalue weighted by Gasteiger charge is -1.98. The van der Waals surface area contributed by atoms with Gasteiger partial charge in [-0.15, -0.1) is 0 Å². The maximum atomic E-state index is 4.22. The number of fused-ring (bicyclic) bond motifs is 1. The molecule has 0 fully saturated rings. The van der Waals surface area contributed by atoms with Crippen molar-refractivity contribution in [3.8, 4) is 0 Å². The van der Waals surface area contributed by atoms with Gasteiger partial charge >= 0.3 is 0 Å². The minimum Gasteiger partial charge on any atom is -0.313 e. The highest BCUT2D eigenvalue weighted by Gasteiger charge is 2.10. The topological polar surface area (TPSA) is 29.9 Å². The summed E-state index contributed by atoms with van der Waals surface area (Å²) in [5.41, 5.74) is 2.76. The van der Waals surface area contributed by atoms with Gasteiger partial charge in [-0.05, 0) is 19.4 Å². The van der Waals surface area contributed by atoms with Crippen molar-refractivity contribution in [3.05, 3.63) is 17.5 Å². The Hall–Kier alpha value is -0.830. The van der Waals surface area contributed by atoms with E-state index in [9.17, 15) is 0 Å². The molecule has 1 aliphatic heterocycles. The van der Waals surface area contributed by atoms with Gasteiger partial charge in [0.15, 0.2) is 0 Å². The normalized spacial score (nSPS) is 17.5. The van der Waals surface area contributed by atoms with Gasteiger partial charge < -0.3 is 5.32 Å². The molecule has 0 amide bonds. The molecular weight excluding hydrogens is 138 g/mol. The molecule has 0 radical (unpaired) electrons. The van der Waals surface area contributed by atoms with E-state index in [1.807, 2.05) is 17.9 Å². The zero-order valence-electron chi connectivity index (χ0n) is 6.80. The average Bonchev–Trinajstić information content (AvgIpc) is 2.25. The fourth-order valence-corrected chi connectivity index (χ4v) is 1.58. The van der Waals surface area contributed by atoms with Crippen LogP contribution in [0.15, 0.2) is 6.20 Å². The van der Waals surface area contributed by atoms with E-state index in [1.165, 1.54) is 24.1 Å². The summed E-state index contributed by atoms with van der Waals surface area (Å²) in [7, 11) is 2.02. The van der Waals surface area contributed by atoms with E-state index in [-0.39, 0.29) is 0 Å². The lowest BCUT2D eigenvalue weighted by Crippen LogP contribution is -2.11. The lowest BCUT2D eigenvalue weighted by atomic mass is 10.2. The Balaban J connectivity index is 2.35. The van der Waals surface area contributed by atoms with Crippen LogP contribution in [-0.2, 0) is 20.0 Å². The van der Waals surface area contributed by atoms with E-state index in [2.05, 4.69) is 10.4 Å². The van der Waals surface area contributed by atoms with Crippen LogP contribution in [0, 0.1) is 0 Å². The van der Waals surface area contributed by atoms with Gasteiger partial charge in [-0.2, -0.15) is 5.10 Å². The Morgan fingerprint density at radius 2 is 2.55 bits per heavy atom. The van der Waals surface area contributed by atoms with Crippen molar-refractivity contribution in [3.63, 3.8) is 0 Å². The van der Waals surface area contributed by atoms with Crippen molar-refractivity contribution < 1.29 is 0 Å². The lowest BCUT2D eigenvalue weighted by molar-refractivity contribution is 0.655. The van der Waals surface area contributed by atoms with Crippen molar-refractivity contribution in [2.75, 3.05) is 6.54 Å². The highest BCUT2D eigenvalue weighted by molar-refractivity contribution is 5.18. The number of nitrogens with zero attached hydrogens (tertiary/aromatic N) is 2. The van der Waals surface area contributed by atoms with Crippen molar-refractivity contribution >= 4 is 0 Å². The van der Waals surface area contributed by atoms with Crippen LogP contribution in [-0.4, -0.2) is 16.3 Å². The summed E-state index contributed by atoms with van der Waals surface area (Å²) in [5, 5.41) is 7.58. The summed E-state index contributed by atoms with van der Waals surface area (Å²) in [6.45, 7) is 2.12. The maximum absolute atomic E-state index is 4.22. The Bertz CT molecular complexity index is 252. The maximum Gasteiger partial charge on any atom is 0.0537 e. The van der Waals surface area contributed by atoms with Crippen LogP contribution < -0.4 is 5.32 Å². The third-order valence-corrected chi connectivity index (χ3v) is 2.23. The van der Waals surface area contributed by atoms with Crippen LogP contribution in [0.2, 0.25) is 0 Å². The third-order valence-electron chi connectivity index (χ3n) is 2.23. The number of aryl methyl sites for hydroxylation is 1. The molecule has 0 aliphatic carbocycles. The van der Waals surface area contributed by atoms with E-state index >= 15 is 0 Å². The SMILES string of the molecule is Cn1ncc2c1CCCNC2. The second-order valence-corrected chi connectivity index (χ2v) is 3.02. The van der Waals surface area contributed by atoms with E-state index in [4.69, 9.17) is 0 Å². The number of nitrogens with one attached hydrogen (secondary N) is 1. The summed E-state index contributed by atoms with van der Waals surface area (Å²) >= 11 is 0. The minimum atomic E-state index is 0.989. The molecule has 60 valence electrons. The molecule has 3 nitrogen and oxygen atoms in total. The predicted molar refractivity (Wildman–Crippen MR) is 43.2 cm³/mol. The van der Waals surface area contributed by atoms with Gasteiger partial charge in [0.2, 0.25) is 0 Å². The van der Waals surface area contributed by atoms with Gasteiger partial charge in [0, 0.05) is 24.8 Å². The van der Waals surface area contributed by atoms with Crippen molar-refractivity contribution in [2.24, 2.45) is 7.05 Å². The average molecular weight is 151 g/mol. The van der Waals surface area contributed by atoms with Crippen molar-refractivity contribution in [2.45, 2.75) is 19.4 Å². The van der Waals surface area contributed by atoms with E-state index in [0.717, 1.165) is 13.1 Å². The Morgan fingerprint density at radius 3 is 3.45 bits per heavy atom. The summed E-state index contributed by atoms with van der Waals surface area (Å²) < 4.78 is 1.99. The zero-order chi connectivity index (χ0) is 7.68. The highest BCUT2D eigenvalue weighted by atomic mass is 15.3. The first-order chi connectivity index (χ1) is 5.38. The largest absolute Gasteiger partial charge is 0.313 e. The summed E-state index contributed by atoms with van der Waals surface area (Å²) in [4.78, 5) is 0. The van der Waals surface area contributed by atoms with Crippen LogP contribution in [0.3, 0.4) is 0 Å². The van der Waals surface area contributed by atoms with Gasteiger partial charge in [-0.25, -0.2) is 0 Å². The molecule has 1 N–H and O–H groups in total. The molecule has 11 heavy (non-hydrogen) atoms. The Labute approximate surface area is 66.4 Å².